The summed E-state index contributed by atoms with van der Waals surface area (Å²) in [6, 6.07) is 0. The van der Waals surface area contributed by atoms with E-state index in [4.69, 9.17) is 10.8 Å². The Bertz CT molecular complexity index is 332. The van der Waals surface area contributed by atoms with E-state index in [1.165, 1.54) is 0 Å². The number of hydrogen-bond acceptors (Lipinski definition) is 3. The minimum atomic E-state index is -1.13. The highest BCUT2D eigenvalue weighted by Gasteiger charge is 2.42. The van der Waals surface area contributed by atoms with Gasteiger partial charge in [0.05, 0.1) is 6.54 Å². The van der Waals surface area contributed by atoms with Gasteiger partial charge in [0.2, 0.25) is 11.8 Å². The van der Waals surface area contributed by atoms with Crippen LogP contribution in [0.1, 0.15) is 39.0 Å². The molecule has 0 aromatic carbocycles. The minimum absolute atomic E-state index is 0.247. The number of carbonyl (C=O) groups excluding carboxylic acids is 2. The van der Waals surface area contributed by atoms with Crippen molar-refractivity contribution in [2.45, 2.75) is 39.0 Å². The molecule has 0 aromatic rings. The van der Waals surface area contributed by atoms with Gasteiger partial charge in [0.25, 0.3) is 0 Å². The zero-order chi connectivity index (χ0) is 13.8. The van der Waals surface area contributed by atoms with Crippen LogP contribution in [0.2, 0.25) is 0 Å². The van der Waals surface area contributed by atoms with Gasteiger partial charge in [-0.1, -0.05) is 19.8 Å². The molecule has 1 rings (SSSR count). The molecule has 2 amide bonds. The van der Waals surface area contributed by atoms with Crippen molar-refractivity contribution in [2.24, 2.45) is 11.1 Å². The Balaban J connectivity index is 2.85. The van der Waals surface area contributed by atoms with E-state index < -0.39 is 23.8 Å². The standard InChI is InChI=1S/C12H20N2O4/c1-2-12(5-3-4-6-12)11(18)14(7-9(13)15)8-10(16)17/h2-8H2,1H3,(H2,13,15)(H,16,17). The van der Waals surface area contributed by atoms with Gasteiger partial charge in [0, 0.05) is 5.41 Å². The molecule has 0 spiro atoms. The third-order valence-corrected chi connectivity index (χ3v) is 3.65. The van der Waals surface area contributed by atoms with Crippen LogP contribution in [0.15, 0.2) is 0 Å². The molecule has 0 aromatic heterocycles. The summed E-state index contributed by atoms with van der Waals surface area (Å²) in [6.07, 6.45) is 4.13. The van der Waals surface area contributed by atoms with E-state index in [0.717, 1.165) is 30.6 Å². The molecule has 0 atom stereocenters. The Morgan fingerprint density at radius 1 is 1.22 bits per heavy atom. The van der Waals surface area contributed by atoms with Gasteiger partial charge < -0.3 is 15.7 Å². The zero-order valence-corrected chi connectivity index (χ0v) is 10.6. The lowest BCUT2D eigenvalue weighted by Gasteiger charge is -2.32. The quantitative estimate of drug-likeness (QED) is 0.716. The Morgan fingerprint density at radius 2 is 1.78 bits per heavy atom. The van der Waals surface area contributed by atoms with E-state index in [2.05, 4.69) is 0 Å². The van der Waals surface area contributed by atoms with Crippen LogP contribution < -0.4 is 5.73 Å². The predicted molar refractivity (Wildman–Crippen MR) is 64.6 cm³/mol. The van der Waals surface area contributed by atoms with Crippen molar-refractivity contribution < 1.29 is 19.5 Å². The molecule has 0 radical (unpaired) electrons. The van der Waals surface area contributed by atoms with E-state index in [1.807, 2.05) is 6.92 Å². The second-order valence-electron chi connectivity index (χ2n) is 4.86. The molecule has 1 fully saturated rings. The molecule has 0 unspecified atom stereocenters. The molecule has 1 aliphatic rings. The fourth-order valence-electron chi connectivity index (χ4n) is 2.66. The number of hydrogen-bond donors (Lipinski definition) is 2. The number of primary amides is 1. The molecule has 0 saturated heterocycles. The van der Waals surface area contributed by atoms with Crippen molar-refractivity contribution in [1.29, 1.82) is 0 Å². The van der Waals surface area contributed by atoms with Crippen LogP contribution in [-0.2, 0) is 14.4 Å². The monoisotopic (exact) mass is 256 g/mol. The van der Waals surface area contributed by atoms with Gasteiger partial charge in [-0.25, -0.2) is 0 Å². The van der Waals surface area contributed by atoms with E-state index in [9.17, 15) is 14.4 Å². The van der Waals surface area contributed by atoms with E-state index in [0.29, 0.717) is 6.42 Å². The summed E-state index contributed by atoms with van der Waals surface area (Å²) in [6.45, 7) is 1.13. The maximum atomic E-state index is 12.4. The van der Waals surface area contributed by atoms with Crippen LogP contribution in [-0.4, -0.2) is 40.9 Å². The summed E-state index contributed by atoms with van der Waals surface area (Å²) in [5, 5.41) is 8.80. The van der Waals surface area contributed by atoms with Crippen LogP contribution >= 0.6 is 0 Å². The first-order chi connectivity index (χ1) is 8.41. The number of nitrogens with zero attached hydrogens (tertiary/aromatic N) is 1. The van der Waals surface area contributed by atoms with Crippen LogP contribution in [0.4, 0.5) is 0 Å². The number of carboxylic acids is 1. The molecule has 18 heavy (non-hydrogen) atoms. The molecular formula is C12H20N2O4. The lowest BCUT2D eigenvalue weighted by Crippen LogP contribution is -2.48. The maximum absolute atomic E-state index is 12.4. The summed E-state index contributed by atoms with van der Waals surface area (Å²) in [5.74, 6) is -2.06. The SMILES string of the molecule is CCC1(C(=O)N(CC(N)=O)CC(=O)O)CCCC1. The molecule has 1 saturated carbocycles. The Kier molecular flexibility index (Phi) is 4.69. The Hall–Kier alpha value is -1.59. The van der Waals surface area contributed by atoms with Gasteiger partial charge in [0.1, 0.15) is 6.54 Å². The topological polar surface area (TPSA) is 101 Å². The van der Waals surface area contributed by atoms with E-state index in [-0.39, 0.29) is 12.5 Å². The second kappa shape index (κ2) is 5.84. The highest BCUT2D eigenvalue weighted by Crippen LogP contribution is 2.42. The number of aliphatic carboxylic acids is 1. The van der Waals surface area contributed by atoms with Crippen LogP contribution in [0.5, 0.6) is 0 Å². The Labute approximate surface area is 106 Å². The highest BCUT2D eigenvalue weighted by atomic mass is 16.4. The summed E-state index contributed by atoms with van der Waals surface area (Å²) in [7, 11) is 0. The fraction of sp³-hybridized carbons (Fsp3) is 0.750. The summed E-state index contributed by atoms with van der Waals surface area (Å²) >= 11 is 0. The average Bonchev–Trinajstić information content (AvgIpc) is 2.75. The van der Waals surface area contributed by atoms with Crippen molar-refractivity contribution in [3.05, 3.63) is 0 Å². The molecule has 0 bridgehead atoms. The van der Waals surface area contributed by atoms with Gasteiger partial charge in [-0.05, 0) is 19.3 Å². The normalized spacial score (nSPS) is 17.4. The first-order valence-corrected chi connectivity index (χ1v) is 6.21. The third kappa shape index (κ3) is 3.21. The smallest absolute Gasteiger partial charge is 0.323 e. The number of amides is 2. The summed E-state index contributed by atoms with van der Waals surface area (Å²) in [4.78, 5) is 35.2. The fourth-order valence-corrected chi connectivity index (χ4v) is 2.66. The Morgan fingerprint density at radius 3 is 2.17 bits per heavy atom. The molecule has 6 nitrogen and oxygen atoms in total. The molecule has 1 aliphatic carbocycles. The maximum Gasteiger partial charge on any atom is 0.323 e. The lowest BCUT2D eigenvalue weighted by atomic mass is 9.82. The summed E-state index contributed by atoms with van der Waals surface area (Å²) < 4.78 is 0. The molecule has 0 heterocycles. The van der Waals surface area contributed by atoms with Crippen LogP contribution in [0.3, 0.4) is 0 Å². The lowest BCUT2D eigenvalue weighted by molar-refractivity contribution is -0.151. The molecule has 0 aliphatic heterocycles. The molecule has 102 valence electrons. The minimum Gasteiger partial charge on any atom is -0.480 e. The highest BCUT2D eigenvalue weighted by molar-refractivity contribution is 5.90. The van der Waals surface area contributed by atoms with Gasteiger partial charge in [0.15, 0.2) is 0 Å². The van der Waals surface area contributed by atoms with Crippen molar-refractivity contribution in [1.82, 2.24) is 4.90 Å². The first kappa shape index (κ1) is 14.5. The van der Waals surface area contributed by atoms with Crippen molar-refractivity contribution in [3.63, 3.8) is 0 Å². The van der Waals surface area contributed by atoms with Crippen molar-refractivity contribution >= 4 is 17.8 Å². The van der Waals surface area contributed by atoms with E-state index >= 15 is 0 Å². The van der Waals surface area contributed by atoms with Crippen LogP contribution in [0, 0.1) is 5.41 Å². The predicted octanol–water partition coefficient (Wildman–Crippen LogP) is 0.355. The number of nitrogens with two attached hydrogens (primary N) is 1. The molecular weight excluding hydrogens is 236 g/mol. The van der Waals surface area contributed by atoms with Gasteiger partial charge in [-0.15, -0.1) is 0 Å². The largest absolute Gasteiger partial charge is 0.480 e. The number of rotatable bonds is 6. The third-order valence-electron chi connectivity index (χ3n) is 3.65. The first-order valence-electron chi connectivity index (χ1n) is 6.21. The zero-order valence-electron chi connectivity index (χ0n) is 10.6. The van der Waals surface area contributed by atoms with Gasteiger partial charge >= 0.3 is 5.97 Å². The molecule has 6 heteroatoms. The van der Waals surface area contributed by atoms with Gasteiger partial charge in [-0.3, -0.25) is 14.4 Å². The average molecular weight is 256 g/mol. The van der Waals surface area contributed by atoms with Crippen molar-refractivity contribution in [3.8, 4) is 0 Å². The number of carboxylic acid groups (broad SMARTS) is 1. The number of carbonyl (C=O) groups is 3. The van der Waals surface area contributed by atoms with E-state index in [1.54, 1.807) is 0 Å². The second-order valence-corrected chi connectivity index (χ2v) is 4.86. The molecule has 3 N–H and O–H groups in total. The van der Waals surface area contributed by atoms with Gasteiger partial charge in [-0.2, -0.15) is 0 Å². The summed E-state index contributed by atoms with van der Waals surface area (Å²) in [5.41, 5.74) is 4.57. The van der Waals surface area contributed by atoms with Crippen molar-refractivity contribution in [2.75, 3.05) is 13.1 Å². The van der Waals surface area contributed by atoms with Crippen LogP contribution in [0.25, 0.3) is 0 Å².